The zero-order chi connectivity index (χ0) is 12.3. The van der Waals surface area contributed by atoms with Crippen LogP contribution in [0.5, 0.6) is 0 Å². The van der Waals surface area contributed by atoms with E-state index in [0.717, 1.165) is 25.2 Å². The van der Waals surface area contributed by atoms with Gasteiger partial charge in [0.15, 0.2) is 5.78 Å². The first-order valence-electron chi connectivity index (χ1n) is 6.18. The summed E-state index contributed by atoms with van der Waals surface area (Å²) in [6.45, 7) is 3.70. The van der Waals surface area contributed by atoms with E-state index in [1.165, 1.54) is 0 Å². The molecule has 0 aromatic rings. The Morgan fingerprint density at radius 1 is 1.59 bits per heavy atom. The lowest BCUT2D eigenvalue weighted by molar-refractivity contribution is -0.124. The summed E-state index contributed by atoms with van der Waals surface area (Å²) >= 11 is 5.75. The Bertz CT molecular complexity index is 358. The van der Waals surface area contributed by atoms with Crippen molar-refractivity contribution in [2.24, 2.45) is 5.41 Å². The molecule has 0 amide bonds. The standard InChI is InChI=1S/C13H19ClN2O/c1-2-13(11-8-15-9-16-11)6-3-4-10(5-7-14)12(13)17/h3-4,6,11,15-16H,2,5,7-9H2,1H3. The van der Waals surface area contributed by atoms with E-state index in [9.17, 15) is 4.79 Å². The number of rotatable bonds is 4. The van der Waals surface area contributed by atoms with Crippen LogP contribution in [-0.4, -0.2) is 30.9 Å². The average molecular weight is 255 g/mol. The van der Waals surface area contributed by atoms with Gasteiger partial charge in [-0.15, -0.1) is 11.6 Å². The monoisotopic (exact) mass is 254 g/mol. The van der Waals surface area contributed by atoms with E-state index in [0.29, 0.717) is 12.3 Å². The summed E-state index contributed by atoms with van der Waals surface area (Å²) in [5, 5.41) is 6.62. The molecule has 1 aliphatic heterocycles. The van der Waals surface area contributed by atoms with Crippen LogP contribution in [0.15, 0.2) is 23.8 Å². The summed E-state index contributed by atoms with van der Waals surface area (Å²) in [5.41, 5.74) is 0.470. The van der Waals surface area contributed by atoms with Gasteiger partial charge in [0.25, 0.3) is 0 Å². The zero-order valence-corrected chi connectivity index (χ0v) is 10.9. The van der Waals surface area contributed by atoms with Crippen LogP contribution in [0.1, 0.15) is 19.8 Å². The van der Waals surface area contributed by atoms with Crippen molar-refractivity contribution >= 4 is 17.4 Å². The molecule has 2 N–H and O–H groups in total. The average Bonchev–Trinajstić information content (AvgIpc) is 2.87. The number of Topliss-reactive ketones (excluding diaryl/α,β-unsaturated/α-hetero) is 1. The van der Waals surface area contributed by atoms with Crippen molar-refractivity contribution in [1.29, 1.82) is 0 Å². The zero-order valence-electron chi connectivity index (χ0n) is 10.1. The molecule has 2 unspecified atom stereocenters. The van der Waals surface area contributed by atoms with Gasteiger partial charge in [0.2, 0.25) is 0 Å². The van der Waals surface area contributed by atoms with Gasteiger partial charge in [0.1, 0.15) is 0 Å². The molecule has 4 heteroatoms. The number of hydrogen-bond donors (Lipinski definition) is 2. The Labute approximate surface area is 107 Å². The van der Waals surface area contributed by atoms with Crippen LogP contribution < -0.4 is 10.6 Å². The van der Waals surface area contributed by atoms with Gasteiger partial charge >= 0.3 is 0 Å². The highest BCUT2D eigenvalue weighted by Gasteiger charge is 2.44. The van der Waals surface area contributed by atoms with Crippen molar-refractivity contribution in [2.45, 2.75) is 25.8 Å². The number of allylic oxidation sites excluding steroid dienone is 3. The predicted octanol–water partition coefficient (Wildman–Crippen LogP) is 1.60. The minimum atomic E-state index is -0.389. The fourth-order valence-corrected chi connectivity index (χ4v) is 2.94. The molecule has 17 heavy (non-hydrogen) atoms. The van der Waals surface area contributed by atoms with Crippen molar-refractivity contribution in [2.75, 3.05) is 19.1 Å². The van der Waals surface area contributed by atoms with E-state index in [2.05, 4.69) is 23.6 Å². The minimum absolute atomic E-state index is 0.190. The summed E-state index contributed by atoms with van der Waals surface area (Å²) in [7, 11) is 0. The molecule has 0 bridgehead atoms. The number of nitrogens with one attached hydrogen (secondary N) is 2. The highest BCUT2D eigenvalue weighted by Crippen LogP contribution is 2.36. The van der Waals surface area contributed by atoms with Crippen LogP contribution in [0.4, 0.5) is 0 Å². The molecule has 2 aliphatic rings. The van der Waals surface area contributed by atoms with Gasteiger partial charge in [0, 0.05) is 25.1 Å². The third-order valence-corrected chi connectivity index (χ3v) is 3.99. The highest BCUT2D eigenvalue weighted by molar-refractivity contribution is 6.18. The largest absolute Gasteiger partial charge is 0.303 e. The Morgan fingerprint density at radius 2 is 2.41 bits per heavy atom. The summed E-state index contributed by atoms with van der Waals surface area (Å²) < 4.78 is 0. The molecule has 0 aromatic heterocycles. The van der Waals surface area contributed by atoms with Crippen molar-refractivity contribution < 1.29 is 4.79 Å². The van der Waals surface area contributed by atoms with E-state index in [4.69, 9.17) is 11.6 Å². The summed E-state index contributed by atoms with van der Waals surface area (Å²) in [6, 6.07) is 0.190. The maximum Gasteiger partial charge on any atom is 0.170 e. The first kappa shape index (κ1) is 12.8. The summed E-state index contributed by atoms with van der Waals surface area (Å²) in [6.07, 6.45) is 7.44. The lowest BCUT2D eigenvalue weighted by Gasteiger charge is -2.36. The molecule has 0 saturated carbocycles. The van der Waals surface area contributed by atoms with E-state index in [1.54, 1.807) is 0 Å². The molecule has 1 heterocycles. The maximum absolute atomic E-state index is 12.6. The van der Waals surface area contributed by atoms with Crippen LogP contribution in [-0.2, 0) is 4.79 Å². The fraction of sp³-hybridized carbons (Fsp3) is 0.615. The van der Waals surface area contributed by atoms with Crippen molar-refractivity contribution in [1.82, 2.24) is 10.6 Å². The van der Waals surface area contributed by atoms with Crippen LogP contribution in [0, 0.1) is 5.41 Å². The Balaban J connectivity index is 2.26. The summed E-state index contributed by atoms with van der Waals surface area (Å²) in [4.78, 5) is 12.6. The number of hydrogen-bond acceptors (Lipinski definition) is 3. The molecular weight excluding hydrogens is 236 g/mol. The Hall–Kier alpha value is -0.640. The van der Waals surface area contributed by atoms with Gasteiger partial charge in [-0.2, -0.15) is 0 Å². The summed E-state index contributed by atoms with van der Waals surface area (Å²) in [5.74, 6) is 0.742. The van der Waals surface area contributed by atoms with Crippen molar-refractivity contribution in [3.8, 4) is 0 Å². The predicted molar refractivity (Wildman–Crippen MR) is 70.1 cm³/mol. The first-order valence-corrected chi connectivity index (χ1v) is 6.71. The minimum Gasteiger partial charge on any atom is -0.303 e. The van der Waals surface area contributed by atoms with Gasteiger partial charge in [0.05, 0.1) is 5.41 Å². The molecule has 0 aromatic carbocycles. The molecule has 2 atom stereocenters. The molecule has 2 rings (SSSR count). The molecule has 0 radical (unpaired) electrons. The third-order valence-electron chi connectivity index (χ3n) is 3.80. The lowest BCUT2D eigenvalue weighted by atomic mass is 9.69. The van der Waals surface area contributed by atoms with E-state index in [1.807, 2.05) is 12.2 Å². The number of carbonyl (C=O) groups is 1. The molecule has 1 fully saturated rings. The molecule has 1 saturated heterocycles. The van der Waals surface area contributed by atoms with Gasteiger partial charge in [-0.05, 0) is 18.4 Å². The molecule has 94 valence electrons. The van der Waals surface area contributed by atoms with Crippen molar-refractivity contribution in [3.63, 3.8) is 0 Å². The quantitative estimate of drug-likeness (QED) is 0.749. The van der Waals surface area contributed by atoms with E-state index in [-0.39, 0.29) is 17.2 Å². The third kappa shape index (κ3) is 2.19. The molecular formula is C13H19ClN2O. The fourth-order valence-electron chi connectivity index (χ4n) is 2.73. The van der Waals surface area contributed by atoms with E-state index >= 15 is 0 Å². The number of halogens is 1. The Kier molecular flexibility index (Phi) is 4.02. The number of alkyl halides is 1. The number of ketones is 1. The number of carbonyl (C=O) groups excluding carboxylic acids is 1. The second kappa shape index (κ2) is 5.34. The normalized spacial score (nSPS) is 32.9. The second-order valence-corrected chi connectivity index (χ2v) is 4.98. The smallest absolute Gasteiger partial charge is 0.170 e. The highest BCUT2D eigenvalue weighted by atomic mass is 35.5. The molecule has 1 aliphatic carbocycles. The SMILES string of the molecule is CCC1(C2CNCN2)C=CC=C(CCCl)C1=O. The van der Waals surface area contributed by atoms with Gasteiger partial charge in [-0.1, -0.05) is 25.2 Å². The molecule has 3 nitrogen and oxygen atoms in total. The second-order valence-electron chi connectivity index (χ2n) is 4.60. The van der Waals surface area contributed by atoms with Gasteiger partial charge in [-0.25, -0.2) is 0 Å². The van der Waals surface area contributed by atoms with Crippen LogP contribution in [0.25, 0.3) is 0 Å². The van der Waals surface area contributed by atoms with Crippen molar-refractivity contribution in [3.05, 3.63) is 23.8 Å². The molecule has 0 spiro atoms. The van der Waals surface area contributed by atoms with Gasteiger partial charge in [-0.3, -0.25) is 10.1 Å². The van der Waals surface area contributed by atoms with Crippen LogP contribution >= 0.6 is 11.6 Å². The van der Waals surface area contributed by atoms with Crippen LogP contribution in [0.2, 0.25) is 0 Å². The first-order chi connectivity index (χ1) is 8.24. The van der Waals surface area contributed by atoms with E-state index < -0.39 is 0 Å². The van der Waals surface area contributed by atoms with Crippen LogP contribution in [0.3, 0.4) is 0 Å². The Morgan fingerprint density at radius 3 is 3.00 bits per heavy atom. The van der Waals surface area contributed by atoms with Gasteiger partial charge < -0.3 is 5.32 Å². The maximum atomic E-state index is 12.6. The topological polar surface area (TPSA) is 41.1 Å². The lowest BCUT2D eigenvalue weighted by Crippen LogP contribution is -2.48.